The number of amides is 2. The molecular weight excluding hydrogens is 711 g/mol. The van der Waals surface area contributed by atoms with Crippen molar-refractivity contribution in [2.24, 2.45) is 0 Å². The standard InChI is InChI=1S/C40H65NO10Si2/c1-36(2,3)52(13,14)45-24-30-31(49-40(11,12)48-30)27(41-34(42)25-19-17-18-20-26(25)35(41)43)21-22-28-32(50-39(9,10)46-28)33(29-23-44-38(7,8)47-29)51-53(15,16)37(4,5)6/h17-22,27-33H,23-24H2,1-16H3/b22-21-/t27-,28-,29-,30+,31+,32-,33-/m1/s1. The molecule has 4 heterocycles. The van der Waals surface area contributed by atoms with Gasteiger partial charge >= 0.3 is 0 Å². The number of rotatable bonds is 11. The summed E-state index contributed by atoms with van der Waals surface area (Å²) in [5.41, 5.74) is 0.706. The first kappa shape index (κ1) is 42.4. The van der Waals surface area contributed by atoms with Gasteiger partial charge in [0.15, 0.2) is 34.0 Å². The molecule has 1 aromatic carbocycles. The second kappa shape index (κ2) is 14.3. The number of benzene rings is 1. The molecule has 0 unspecified atom stereocenters. The Labute approximate surface area is 319 Å². The van der Waals surface area contributed by atoms with Crippen LogP contribution in [0.1, 0.15) is 104 Å². The minimum absolute atomic E-state index is 0.0345. The first-order chi connectivity index (χ1) is 24.0. The van der Waals surface area contributed by atoms with E-state index in [0.29, 0.717) is 17.7 Å². The molecule has 4 aliphatic rings. The number of carbonyl (C=O) groups excluding carboxylic acids is 2. The van der Waals surface area contributed by atoms with Gasteiger partial charge < -0.3 is 37.3 Å². The molecule has 3 saturated heterocycles. The average molecular weight is 776 g/mol. The highest BCUT2D eigenvalue weighted by Crippen LogP contribution is 2.44. The normalized spacial score (nSPS) is 30.0. The lowest BCUT2D eigenvalue weighted by molar-refractivity contribution is -0.176. The first-order valence-electron chi connectivity index (χ1n) is 19.0. The molecule has 2 amide bonds. The molecule has 4 aliphatic heterocycles. The van der Waals surface area contributed by atoms with Crippen LogP contribution in [0, 0.1) is 0 Å². The summed E-state index contributed by atoms with van der Waals surface area (Å²) in [5, 5.41) is -0.127. The van der Waals surface area contributed by atoms with E-state index >= 15 is 0 Å². The highest BCUT2D eigenvalue weighted by atomic mass is 28.4. The molecular formula is C40H65NO10Si2. The molecule has 0 aromatic heterocycles. The summed E-state index contributed by atoms with van der Waals surface area (Å²) >= 11 is 0. The minimum Gasteiger partial charge on any atom is -0.414 e. The van der Waals surface area contributed by atoms with Crippen LogP contribution in [0.4, 0.5) is 0 Å². The highest BCUT2D eigenvalue weighted by molar-refractivity contribution is 6.74. The summed E-state index contributed by atoms with van der Waals surface area (Å²) in [6.45, 7) is 33.7. The second-order valence-electron chi connectivity index (χ2n) is 19.4. The molecule has 53 heavy (non-hydrogen) atoms. The van der Waals surface area contributed by atoms with E-state index in [1.165, 1.54) is 4.90 Å². The van der Waals surface area contributed by atoms with Crippen LogP contribution < -0.4 is 0 Å². The molecule has 0 saturated carbocycles. The number of fused-ring (bicyclic) bond motifs is 1. The summed E-state index contributed by atoms with van der Waals surface area (Å²) in [6, 6.07) is 6.04. The number of nitrogens with zero attached hydrogens (tertiary/aromatic N) is 1. The highest BCUT2D eigenvalue weighted by Gasteiger charge is 2.55. The van der Waals surface area contributed by atoms with Crippen molar-refractivity contribution in [2.45, 2.75) is 179 Å². The lowest BCUT2D eigenvalue weighted by atomic mass is 9.99. The van der Waals surface area contributed by atoms with E-state index in [0.717, 1.165) is 0 Å². The topological polar surface area (TPSA) is 111 Å². The van der Waals surface area contributed by atoms with Gasteiger partial charge in [0.1, 0.15) is 36.6 Å². The van der Waals surface area contributed by atoms with Gasteiger partial charge in [0, 0.05) is 0 Å². The van der Waals surface area contributed by atoms with Gasteiger partial charge in [-0.3, -0.25) is 14.5 Å². The van der Waals surface area contributed by atoms with Crippen LogP contribution in [0.15, 0.2) is 36.4 Å². The van der Waals surface area contributed by atoms with Crippen LogP contribution in [0.5, 0.6) is 0 Å². The number of hydrogen-bond acceptors (Lipinski definition) is 10. The van der Waals surface area contributed by atoms with Crippen LogP contribution in [-0.4, -0.2) is 107 Å². The molecule has 298 valence electrons. The van der Waals surface area contributed by atoms with Crippen LogP contribution >= 0.6 is 0 Å². The van der Waals surface area contributed by atoms with Gasteiger partial charge in [0.05, 0.1) is 30.4 Å². The summed E-state index contributed by atoms with van der Waals surface area (Å²) in [7, 11) is -4.57. The molecule has 11 nitrogen and oxygen atoms in total. The molecule has 5 rings (SSSR count). The second-order valence-corrected chi connectivity index (χ2v) is 29.0. The van der Waals surface area contributed by atoms with Gasteiger partial charge in [-0.05, 0) is 89.9 Å². The van der Waals surface area contributed by atoms with Gasteiger partial charge in [-0.2, -0.15) is 0 Å². The third-order valence-corrected chi connectivity index (χ3v) is 20.7. The van der Waals surface area contributed by atoms with Crippen LogP contribution in [-0.2, 0) is 37.3 Å². The lowest BCUT2D eigenvalue weighted by Gasteiger charge is -2.42. The lowest BCUT2D eigenvalue weighted by Crippen LogP contribution is -2.54. The maximum Gasteiger partial charge on any atom is 0.262 e. The Morgan fingerprint density at radius 2 is 1.30 bits per heavy atom. The first-order valence-corrected chi connectivity index (χ1v) is 24.9. The maximum atomic E-state index is 14.1. The van der Waals surface area contributed by atoms with E-state index in [2.05, 4.69) is 67.7 Å². The van der Waals surface area contributed by atoms with Crippen molar-refractivity contribution < 1.29 is 46.9 Å². The van der Waals surface area contributed by atoms with Gasteiger partial charge in [-0.25, -0.2) is 0 Å². The average Bonchev–Trinajstić information content (AvgIpc) is 3.70. The Kier molecular flexibility index (Phi) is 11.4. The monoisotopic (exact) mass is 775 g/mol. The summed E-state index contributed by atoms with van der Waals surface area (Å²) in [5.74, 6) is -3.54. The quantitative estimate of drug-likeness (QED) is 0.125. The molecule has 3 fully saturated rings. The minimum atomic E-state index is -2.37. The molecule has 0 aliphatic carbocycles. The Balaban J connectivity index is 1.55. The third-order valence-electron chi connectivity index (χ3n) is 11.7. The van der Waals surface area contributed by atoms with Gasteiger partial charge in [0.25, 0.3) is 11.8 Å². The molecule has 0 radical (unpaired) electrons. The van der Waals surface area contributed by atoms with Crippen molar-refractivity contribution in [3.63, 3.8) is 0 Å². The number of hydrogen-bond donors (Lipinski definition) is 0. The van der Waals surface area contributed by atoms with E-state index in [4.69, 9.17) is 37.3 Å². The summed E-state index contributed by atoms with van der Waals surface area (Å²) < 4.78 is 52.6. The van der Waals surface area contributed by atoms with Crippen LogP contribution in [0.2, 0.25) is 36.3 Å². The molecule has 13 heteroatoms. The maximum absolute atomic E-state index is 14.1. The fourth-order valence-electron chi connectivity index (χ4n) is 6.80. The molecule has 0 N–H and O–H groups in total. The number of imide groups is 1. The number of carbonyl (C=O) groups is 2. The molecule has 0 spiro atoms. The van der Waals surface area contributed by atoms with Crippen LogP contribution in [0.3, 0.4) is 0 Å². The van der Waals surface area contributed by atoms with E-state index in [1.807, 2.05) is 53.7 Å². The smallest absolute Gasteiger partial charge is 0.262 e. The zero-order chi connectivity index (χ0) is 39.7. The van der Waals surface area contributed by atoms with E-state index < -0.39 is 88.5 Å². The van der Waals surface area contributed by atoms with Crippen molar-refractivity contribution in [1.82, 2.24) is 4.90 Å². The Hall–Kier alpha value is -1.79. The van der Waals surface area contributed by atoms with Crippen LogP contribution in [0.25, 0.3) is 0 Å². The molecule has 0 bridgehead atoms. The van der Waals surface area contributed by atoms with Crippen molar-refractivity contribution in [3.05, 3.63) is 47.5 Å². The van der Waals surface area contributed by atoms with Crippen molar-refractivity contribution >= 4 is 28.4 Å². The Morgan fingerprint density at radius 1 is 0.774 bits per heavy atom. The number of ether oxygens (including phenoxy) is 6. The van der Waals surface area contributed by atoms with E-state index in [1.54, 1.807) is 24.3 Å². The SMILES string of the molecule is CC1(C)O[C@@H]([C@@H](/C=C\[C@H]2OC(C)(C)O[C@H]2[C@H](O[Si](C)(C)C(C)(C)C)[C@H]2COC(C)(C)O2)N2C(=O)c3ccccc3C2=O)[C@H](CO[Si](C)(C)C(C)(C)C)O1. The van der Waals surface area contributed by atoms with Crippen molar-refractivity contribution in [3.8, 4) is 0 Å². The van der Waals surface area contributed by atoms with Crippen molar-refractivity contribution in [1.29, 1.82) is 0 Å². The van der Waals surface area contributed by atoms with Gasteiger partial charge in [-0.1, -0.05) is 65.8 Å². The van der Waals surface area contributed by atoms with E-state index in [-0.39, 0.29) is 16.7 Å². The molecule has 1 aromatic rings. The molecule has 7 atom stereocenters. The zero-order valence-electron chi connectivity index (χ0n) is 34.9. The fourth-order valence-corrected chi connectivity index (χ4v) is 9.14. The largest absolute Gasteiger partial charge is 0.414 e. The van der Waals surface area contributed by atoms with Crippen molar-refractivity contribution in [2.75, 3.05) is 13.2 Å². The summed E-state index contributed by atoms with van der Waals surface area (Å²) in [6.07, 6.45) is 0.213. The predicted molar refractivity (Wildman–Crippen MR) is 208 cm³/mol. The van der Waals surface area contributed by atoms with Gasteiger partial charge in [-0.15, -0.1) is 0 Å². The zero-order valence-corrected chi connectivity index (χ0v) is 36.9. The Bertz CT molecular complexity index is 1520. The Morgan fingerprint density at radius 3 is 1.81 bits per heavy atom. The third kappa shape index (κ3) is 8.95. The predicted octanol–water partition coefficient (Wildman–Crippen LogP) is 7.81. The van der Waals surface area contributed by atoms with E-state index in [9.17, 15) is 9.59 Å². The van der Waals surface area contributed by atoms with Gasteiger partial charge in [0.2, 0.25) is 0 Å². The summed E-state index contributed by atoms with van der Waals surface area (Å²) in [4.78, 5) is 29.6. The fraction of sp³-hybridized carbons (Fsp3) is 0.750.